The Morgan fingerprint density at radius 2 is 1.90 bits per heavy atom. The highest BCUT2D eigenvalue weighted by molar-refractivity contribution is 5.98. The molecule has 0 aromatic heterocycles. The minimum absolute atomic E-state index is 0. The van der Waals surface area contributed by atoms with Gasteiger partial charge in [-0.15, -0.1) is 12.4 Å². The molecule has 1 aromatic carbocycles. The first-order chi connectivity index (χ1) is 9.31. The zero-order valence-corrected chi connectivity index (χ0v) is 11.9. The lowest BCUT2D eigenvalue weighted by Crippen LogP contribution is -2.54. The maximum absolute atomic E-state index is 12.6. The van der Waals surface area contributed by atoms with Gasteiger partial charge in [0.25, 0.3) is 0 Å². The van der Waals surface area contributed by atoms with Gasteiger partial charge in [-0.1, -0.05) is 6.07 Å². The topological polar surface area (TPSA) is 64.4 Å². The number of carbonyl (C=O) groups is 1. The van der Waals surface area contributed by atoms with E-state index < -0.39 is 23.2 Å². The number of halogens is 4. The monoisotopic (exact) mass is 324 g/mol. The molecule has 1 aliphatic heterocycles. The van der Waals surface area contributed by atoms with Gasteiger partial charge in [0.2, 0.25) is 5.91 Å². The number of hydrogen-bond acceptors (Lipinski definition) is 3. The third kappa shape index (κ3) is 4.33. The summed E-state index contributed by atoms with van der Waals surface area (Å²) in [6.45, 7) is 0.735. The van der Waals surface area contributed by atoms with Crippen LogP contribution in [0.1, 0.15) is 18.4 Å². The summed E-state index contributed by atoms with van der Waals surface area (Å²) in [7, 11) is 0. The summed E-state index contributed by atoms with van der Waals surface area (Å²) in [6, 6.07) is 4.48. The van der Waals surface area contributed by atoms with E-state index in [0.29, 0.717) is 26.1 Å². The largest absolute Gasteiger partial charge is 0.416 e. The van der Waals surface area contributed by atoms with Crippen LogP contribution in [-0.4, -0.2) is 24.7 Å². The van der Waals surface area contributed by atoms with Gasteiger partial charge in [0.1, 0.15) is 5.54 Å². The maximum Gasteiger partial charge on any atom is 0.416 e. The fourth-order valence-corrected chi connectivity index (χ4v) is 1.99. The summed E-state index contributed by atoms with van der Waals surface area (Å²) in [5.74, 6) is -0.486. The van der Waals surface area contributed by atoms with E-state index in [2.05, 4.69) is 5.32 Å². The Morgan fingerprint density at radius 1 is 1.29 bits per heavy atom. The predicted molar refractivity (Wildman–Crippen MR) is 74.3 cm³/mol. The third-order valence-electron chi connectivity index (χ3n) is 3.29. The molecule has 0 unspecified atom stereocenters. The number of nitrogens with one attached hydrogen (secondary N) is 1. The molecule has 1 heterocycles. The van der Waals surface area contributed by atoms with E-state index in [1.54, 1.807) is 0 Å². The SMILES string of the molecule is Cl.NC1(C(=O)Nc2cccc(C(F)(F)F)c2)CCOCC1. The number of nitrogens with two attached hydrogens (primary N) is 1. The van der Waals surface area contributed by atoms with E-state index in [1.807, 2.05) is 0 Å². The number of carbonyl (C=O) groups excluding carboxylic acids is 1. The Kier molecular flexibility index (Phi) is 5.61. The smallest absolute Gasteiger partial charge is 0.381 e. The van der Waals surface area contributed by atoms with E-state index in [0.717, 1.165) is 12.1 Å². The van der Waals surface area contributed by atoms with Crippen molar-refractivity contribution in [1.29, 1.82) is 0 Å². The molecule has 118 valence electrons. The average molecular weight is 325 g/mol. The zero-order valence-electron chi connectivity index (χ0n) is 11.1. The molecule has 0 saturated carbocycles. The zero-order chi connectivity index (χ0) is 14.8. The van der Waals surface area contributed by atoms with Crippen LogP contribution in [0.15, 0.2) is 24.3 Å². The van der Waals surface area contributed by atoms with E-state index in [1.165, 1.54) is 12.1 Å². The van der Waals surface area contributed by atoms with Crippen molar-refractivity contribution in [2.24, 2.45) is 5.73 Å². The van der Waals surface area contributed by atoms with Crippen LogP contribution < -0.4 is 11.1 Å². The lowest BCUT2D eigenvalue weighted by molar-refractivity contribution is -0.137. The van der Waals surface area contributed by atoms with Gasteiger partial charge < -0.3 is 15.8 Å². The quantitative estimate of drug-likeness (QED) is 0.879. The molecule has 1 aliphatic rings. The first kappa shape index (κ1) is 17.7. The van der Waals surface area contributed by atoms with Gasteiger partial charge in [-0.25, -0.2) is 0 Å². The molecule has 2 rings (SSSR count). The molecule has 0 bridgehead atoms. The highest BCUT2D eigenvalue weighted by Crippen LogP contribution is 2.31. The van der Waals surface area contributed by atoms with Crippen molar-refractivity contribution in [1.82, 2.24) is 0 Å². The Hall–Kier alpha value is -1.31. The normalized spacial score (nSPS) is 17.7. The van der Waals surface area contributed by atoms with Gasteiger partial charge in [0.15, 0.2) is 0 Å². The second kappa shape index (κ2) is 6.64. The lowest BCUT2D eigenvalue weighted by atomic mass is 9.90. The van der Waals surface area contributed by atoms with E-state index in [4.69, 9.17) is 10.5 Å². The number of anilines is 1. The van der Waals surface area contributed by atoms with Gasteiger partial charge in [-0.05, 0) is 31.0 Å². The average Bonchev–Trinajstić information content (AvgIpc) is 2.39. The van der Waals surface area contributed by atoms with E-state index in [9.17, 15) is 18.0 Å². The maximum atomic E-state index is 12.6. The molecule has 0 aliphatic carbocycles. The summed E-state index contributed by atoms with van der Waals surface area (Å²) in [6.07, 6.45) is -3.75. The highest BCUT2D eigenvalue weighted by Gasteiger charge is 2.36. The number of rotatable bonds is 2. The molecule has 4 nitrogen and oxygen atoms in total. The Balaban J connectivity index is 0.00000220. The van der Waals surface area contributed by atoms with Crippen LogP contribution in [0.2, 0.25) is 0 Å². The van der Waals surface area contributed by atoms with Crippen LogP contribution in [0, 0.1) is 0 Å². The van der Waals surface area contributed by atoms with Crippen molar-refractivity contribution >= 4 is 24.0 Å². The second-order valence-electron chi connectivity index (χ2n) is 4.80. The molecular formula is C13H16ClF3N2O2. The van der Waals surface area contributed by atoms with Crippen LogP contribution in [0.4, 0.5) is 18.9 Å². The minimum atomic E-state index is -4.44. The van der Waals surface area contributed by atoms with Crippen molar-refractivity contribution in [3.8, 4) is 0 Å². The Morgan fingerprint density at radius 3 is 2.48 bits per heavy atom. The van der Waals surface area contributed by atoms with E-state index in [-0.39, 0.29) is 18.1 Å². The Bertz CT molecular complexity index is 502. The van der Waals surface area contributed by atoms with E-state index >= 15 is 0 Å². The van der Waals surface area contributed by atoms with Gasteiger partial charge in [0, 0.05) is 18.9 Å². The molecule has 1 fully saturated rings. The van der Waals surface area contributed by atoms with Crippen LogP contribution in [0.3, 0.4) is 0 Å². The summed E-state index contributed by atoms with van der Waals surface area (Å²) < 4.78 is 42.9. The third-order valence-corrected chi connectivity index (χ3v) is 3.29. The summed E-state index contributed by atoms with van der Waals surface area (Å²) in [5.41, 5.74) is 4.14. The molecule has 0 spiro atoms. The van der Waals surface area contributed by atoms with Crippen molar-refractivity contribution < 1.29 is 22.7 Å². The van der Waals surface area contributed by atoms with Crippen molar-refractivity contribution in [3.05, 3.63) is 29.8 Å². The van der Waals surface area contributed by atoms with Crippen LogP contribution in [0.5, 0.6) is 0 Å². The molecular weight excluding hydrogens is 309 g/mol. The highest BCUT2D eigenvalue weighted by atomic mass is 35.5. The minimum Gasteiger partial charge on any atom is -0.381 e. The molecule has 0 atom stereocenters. The summed E-state index contributed by atoms with van der Waals surface area (Å²) in [4.78, 5) is 12.1. The first-order valence-corrected chi connectivity index (χ1v) is 6.17. The van der Waals surface area contributed by atoms with Crippen LogP contribution >= 0.6 is 12.4 Å². The summed E-state index contributed by atoms with van der Waals surface area (Å²) in [5, 5.41) is 2.45. The molecule has 21 heavy (non-hydrogen) atoms. The first-order valence-electron chi connectivity index (χ1n) is 6.17. The van der Waals surface area contributed by atoms with Crippen LogP contribution in [-0.2, 0) is 15.7 Å². The van der Waals surface area contributed by atoms with Crippen molar-refractivity contribution in [2.45, 2.75) is 24.6 Å². The van der Waals surface area contributed by atoms with Crippen molar-refractivity contribution in [3.63, 3.8) is 0 Å². The van der Waals surface area contributed by atoms with Crippen LogP contribution in [0.25, 0.3) is 0 Å². The van der Waals surface area contributed by atoms with Gasteiger partial charge in [-0.2, -0.15) is 13.2 Å². The Labute approximate surface area is 126 Å². The molecule has 1 aromatic rings. The molecule has 1 saturated heterocycles. The number of hydrogen-bond donors (Lipinski definition) is 2. The number of alkyl halides is 3. The van der Waals surface area contributed by atoms with Gasteiger partial charge in [-0.3, -0.25) is 4.79 Å². The van der Waals surface area contributed by atoms with Gasteiger partial charge in [0.05, 0.1) is 5.56 Å². The number of benzene rings is 1. The predicted octanol–water partition coefficient (Wildman–Crippen LogP) is 2.57. The number of ether oxygens (including phenoxy) is 1. The molecule has 1 amide bonds. The fourth-order valence-electron chi connectivity index (χ4n) is 1.99. The lowest BCUT2D eigenvalue weighted by Gasteiger charge is -2.31. The number of amides is 1. The standard InChI is InChI=1S/C13H15F3N2O2.ClH/c14-13(15,16)9-2-1-3-10(8-9)18-11(19)12(17)4-6-20-7-5-12;/h1-3,8H,4-7,17H2,(H,18,19);1H. The van der Waals surface area contributed by atoms with Gasteiger partial charge >= 0.3 is 6.18 Å². The fraction of sp³-hybridized carbons (Fsp3) is 0.462. The second-order valence-corrected chi connectivity index (χ2v) is 4.80. The van der Waals surface area contributed by atoms with Crippen molar-refractivity contribution in [2.75, 3.05) is 18.5 Å². The molecule has 8 heteroatoms. The molecule has 0 radical (unpaired) electrons. The molecule has 3 N–H and O–H groups in total. The summed E-state index contributed by atoms with van der Waals surface area (Å²) >= 11 is 0.